The van der Waals surface area contributed by atoms with E-state index in [4.69, 9.17) is 23.2 Å². The van der Waals surface area contributed by atoms with Gasteiger partial charge in [-0.3, -0.25) is 0 Å². The van der Waals surface area contributed by atoms with E-state index in [1.165, 1.54) is 12.1 Å². The van der Waals surface area contributed by atoms with Crippen LogP contribution < -0.4 is 0 Å². The summed E-state index contributed by atoms with van der Waals surface area (Å²) in [5.74, 6) is 0.787. The Kier molecular flexibility index (Phi) is 3.87. The Bertz CT molecular complexity index is 781. The molecule has 1 aromatic heterocycles. The first-order valence-electron chi connectivity index (χ1n) is 6.58. The van der Waals surface area contributed by atoms with Gasteiger partial charge < -0.3 is 4.57 Å². The normalized spacial score (nSPS) is 12.8. The van der Waals surface area contributed by atoms with Crippen LogP contribution in [0.4, 0.5) is 4.39 Å². The van der Waals surface area contributed by atoms with Gasteiger partial charge in [-0.05, 0) is 36.8 Å². The predicted octanol–water partition coefficient (Wildman–Crippen LogP) is 5.18. The second-order valence-corrected chi connectivity index (χ2v) is 5.54. The molecule has 0 saturated heterocycles. The summed E-state index contributed by atoms with van der Waals surface area (Å²) < 4.78 is 15.1. The maximum atomic E-state index is 13.1. The SMILES string of the molecule is CC(c1ccc(F)cc1)n1c(CCl)nc2c(Cl)cccc21. The topological polar surface area (TPSA) is 17.8 Å². The average molecular weight is 323 g/mol. The van der Waals surface area contributed by atoms with E-state index >= 15 is 0 Å². The van der Waals surface area contributed by atoms with E-state index in [1.54, 1.807) is 12.1 Å². The molecule has 0 aliphatic heterocycles. The Hall–Kier alpha value is -1.58. The molecule has 1 atom stereocenters. The van der Waals surface area contributed by atoms with E-state index in [9.17, 15) is 4.39 Å². The van der Waals surface area contributed by atoms with E-state index in [0.717, 1.165) is 22.4 Å². The first-order chi connectivity index (χ1) is 10.1. The molecule has 0 radical (unpaired) electrons. The quantitative estimate of drug-likeness (QED) is 0.608. The van der Waals surface area contributed by atoms with Crippen molar-refractivity contribution in [1.29, 1.82) is 0 Å². The first-order valence-corrected chi connectivity index (χ1v) is 7.50. The van der Waals surface area contributed by atoms with Crippen molar-refractivity contribution in [1.82, 2.24) is 9.55 Å². The Morgan fingerprint density at radius 1 is 1.19 bits per heavy atom. The number of imidazole rings is 1. The molecule has 0 aliphatic rings. The molecule has 0 bridgehead atoms. The number of hydrogen-bond donors (Lipinski definition) is 0. The Morgan fingerprint density at radius 3 is 2.57 bits per heavy atom. The van der Waals surface area contributed by atoms with Gasteiger partial charge in [-0.2, -0.15) is 0 Å². The molecule has 0 saturated carbocycles. The van der Waals surface area contributed by atoms with Crippen molar-refractivity contribution in [3.63, 3.8) is 0 Å². The van der Waals surface area contributed by atoms with E-state index in [-0.39, 0.29) is 17.7 Å². The fourth-order valence-electron chi connectivity index (χ4n) is 2.55. The Balaban J connectivity index is 2.18. The number of fused-ring (bicyclic) bond motifs is 1. The molecular formula is C16H13Cl2FN2. The summed E-state index contributed by atoms with van der Waals surface area (Å²) in [6.45, 7) is 2.03. The highest BCUT2D eigenvalue weighted by Gasteiger charge is 2.18. The fourth-order valence-corrected chi connectivity index (χ4v) is 2.95. The van der Waals surface area contributed by atoms with Crippen LogP contribution in [-0.2, 0) is 5.88 Å². The van der Waals surface area contributed by atoms with Gasteiger partial charge in [0.05, 0.1) is 22.5 Å². The van der Waals surface area contributed by atoms with Crippen LogP contribution in [0.3, 0.4) is 0 Å². The molecular weight excluding hydrogens is 310 g/mol. The zero-order valence-electron chi connectivity index (χ0n) is 11.4. The number of hydrogen-bond acceptors (Lipinski definition) is 1. The number of benzene rings is 2. The number of alkyl halides is 1. The lowest BCUT2D eigenvalue weighted by molar-refractivity contribution is 0.614. The van der Waals surface area contributed by atoms with Gasteiger partial charge in [-0.15, -0.1) is 11.6 Å². The summed E-state index contributed by atoms with van der Waals surface area (Å²) >= 11 is 12.2. The van der Waals surface area contributed by atoms with Crippen molar-refractivity contribution < 1.29 is 4.39 Å². The standard InChI is InChI=1S/C16H13Cl2FN2/c1-10(11-5-7-12(19)8-6-11)21-14-4-2-3-13(18)16(14)20-15(21)9-17/h2-8,10H,9H2,1H3. The van der Waals surface area contributed by atoms with Crippen LogP contribution in [0.5, 0.6) is 0 Å². The Labute approximate surface area is 132 Å². The maximum absolute atomic E-state index is 13.1. The Morgan fingerprint density at radius 2 is 1.90 bits per heavy atom. The van der Waals surface area contributed by atoms with Crippen LogP contribution in [0.25, 0.3) is 11.0 Å². The van der Waals surface area contributed by atoms with E-state index < -0.39 is 0 Å². The predicted molar refractivity (Wildman–Crippen MR) is 84.5 cm³/mol. The number of aromatic nitrogens is 2. The van der Waals surface area contributed by atoms with Crippen LogP contribution in [0.1, 0.15) is 24.4 Å². The molecule has 108 valence electrons. The van der Waals surface area contributed by atoms with Crippen molar-refractivity contribution in [2.75, 3.05) is 0 Å². The van der Waals surface area contributed by atoms with Gasteiger partial charge in [-0.25, -0.2) is 9.37 Å². The highest BCUT2D eigenvalue weighted by molar-refractivity contribution is 6.35. The molecule has 1 heterocycles. The number of para-hydroxylation sites is 1. The van der Waals surface area contributed by atoms with Gasteiger partial charge >= 0.3 is 0 Å². The number of rotatable bonds is 3. The molecule has 2 nitrogen and oxygen atoms in total. The monoisotopic (exact) mass is 322 g/mol. The molecule has 3 aromatic rings. The minimum Gasteiger partial charge on any atom is -0.320 e. The van der Waals surface area contributed by atoms with Crippen LogP contribution in [-0.4, -0.2) is 9.55 Å². The summed E-state index contributed by atoms with van der Waals surface area (Å²) in [7, 11) is 0. The summed E-state index contributed by atoms with van der Waals surface area (Å²) in [5.41, 5.74) is 2.65. The van der Waals surface area contributed by atoms with Crippen LogP contribution >= 0.6 is 23.2 Å². The highest BCUT2D eigenvalue weighted by atomic mass is 35.5. The van der Waals surface area contributed by atoms with Gasteiger partial charge in [0.1, 0.15) is 17.2 Å². The van der Waals surface area contributed by atoms with E-state index in [0.29, 0.717) is 5.02 Å². The minimum atomic E-state index is -0.248. The fraction of sp³-hybridized carbons (Fsp3) is 0.188. The molecule has 1 unspecified atom stereocenters. The zero-order valence-corrected chi connectivity index (χ0v) is 12.9. The minimum absolute atomic E-state index is 0.0113. The largest absolute Gasteiger partial charge is 0.320 e. The molecule has 0 fully saturated rings. The summed E-state index contributed by atoms with van der Waals surface area (Å²) in [4.78, 5) is 4.52. The highest BCUT2D eigenvalue weighted by Crippen LogP contribution is 2.30. The zero-order chi connectivity index (χ0) is 15.0. The average Bonchev–Trinajstić information content (AvgIpc) is 2.87. The van der Waals surface area contributed by atoms with Gasteiger partial charge in [0, 0.05) is 0 Å². The third-order valence-corrected chi connectivity index (χ3v) is 4.15. The number of nitrogens with zero attached hydrogens (tertiary/aromatic N) is 2. The van der Waals surface area contributed by atoms with Gasteiger partial charge in [0.15, 0.2) is 0 Å². The van der Waals surface area contributed by atoms with Crippen LogP contribution in [0, 0.1) is 5.82 Å². The lowest BCUT2D eigenvalue weighted by Gasteiger charge is -2.17. The van der Waals surface area contributed by atoms with Crippen LogP contribution in [0.2, 0.25) is 5.02 Å². The smallest absolute Gasteiger partial charge is 0.125 e. The molecule has 0 N–H and O–H groups in total. The van der Waals surface area contributed by atoms with Crippen molar-refractivity contribution >= 4 is 34.2 Å². The van der Waals surface area contributed by atoms with Crippen molar-refractivity contribution in [3.05, 3.63) is 64.7 Å². The van der Waals surface area contributed by atoms with Crippen molar-refractivity contribution in [2.24, 2.45) is 0 Å². The van der Waals surface area contributed by atoms with Crippen LogP contribution in [0.15, 0.2) is 42.5 Å². The van der Waals surface area contributed by atoms with E-state index in [2.05, 4.69) is 4.98 Å². The second kappa shape index (κ2) is 5.66. The lowest BCUT2D eigenvalue weighted by atomic mass is 10.1. The summed E-state index contributed by atoms with van der Waals surface area (Å²) in [6, 6.07) is 12.1. The molecule has 3 rings (SSSR count). The third kappa shape index (κ3) is 2.52. The molecule has 0 amide bonds. The van der Waals surface area contributed by atoms with Gasteiger partial charge in [0.2, 0.25) is 0 Å². The molecule has 0 spiro atoms. The second-order valence-electron chi connectivity index (χ2n) is 4.87. The summed E-state index contributed by atoms with van der Waals surface area (Å²) in [5, 5.41) is 0.601. The number of halogens is 3. The lowest BCUT2D eigenvalue weighted by Crippen LogP contribution is -2.09. The summed E-state index contributed by atoms with van der Waals surface area (Å²) in [6.07, 6.45) is 0. The third-order valence-electron chi connectivity index (χ3n) is 3.60. The van der Waals surface area contributed by atoms with Crippen molar-refractivity contribution in [2.45, 2.75) is 18.8 Å². The van der Waals surface area contributed by atoms with Crippen molar-refractivity contribution in [3.8, 4) is 0 Å². The van der Waals surface area contributed by atoms with Gasteiger partial charge in [0.25, 0.3) is 0 Å². The van der Waals surface area contributed by atoms with Gasteiger partial charge in [-0.1, -0.05) is 29.8 Å². The molecule has 2 aromatic carbocycles. The maximum Gasteiger partial charge on any atom is 0.125 e. The van der Waals surface area contributed by atoms with E-state index in [1.807, 2.05) is 29.7 Å². The molecule has 5 heteroatoms. The first kappa shape index (κ1) is 14.4. The molecule has 21 heavy (non-hydrogen) atoms. The molecule has 0 aliphatic carbocycles.